The molecule has 7 nitrogen and oxygen atoms in total. The molecule has 7 heteroatoms. The summed E-state index contributed by atoms with van der Waals surface area (Å²) in [6.07, 6.45) is 3.53. The van der Waals surface area contributed by atoms with Crippen LogP contribution in [-0.2, 0) is 16.1 Å². The summed E-state index contributed by atoms with van der Waals surface area (Å²) in [6.45, 7) is 0.714. The molecule has 3 aliphatic rings. The van der Waals surface area contributed by atoms with Gasteiger partial charge in [-0.15, -0.1) is 0 Å². The molecule has 2 heterocycles. The minimum absolute atomic E-state index is 0.0480. The molecule has 0 unspecified atom stereocenters. The summed E-state index contributed by atoms with van der Waals surface area (Å²) < 4.78 is 10.8. The van der Waals surface area contributed by atoms with Gasteiger partial charge in [0.05, 0.1) is 6.54 Å². The van der Waals surface area contributed by atoms with E-state index in [0.29, 0.717) is 12.3 Å². The normalized spacial score (nSPS) is 21.7. The Morgan fingerprint density at radius 1 is 1.24 bits per heavy atom. The Balaban J connectivity index is 1.58. The number of primary amides is 1. The second kappa shape index (κ2) is 6.40. The number of benzene rings is 1. The van der Waals surface area contributed by atoms with Crippen LogP contribution in [0.1, 0.15) is 31.2 Å². The Kier molecular flexibility index (Phi) is 4.09. The Morgan fingerprint density at radius 2 is 2.04 bits per heavy atom. The summed E-state index contributed by atoms with van der Waals surface area (Å²) >= 11 is 0. The highest BCUT2D eigenvalue weighted by Crippen LogP contribution is 2.37. The van der Waals surface area contributed by atoms with E-state index in [-0.39, 0.29) is 25.4 Å². The van der Waals surface area contributed by atoms with Crippen LogP contribution in [0.4, 0.5) is 0 Å². The molecule has 2 aliphatic heterocycles. The highest BCUT2D eigenvalue weighted by Gasteiger charge is 2.39. The minimum Gasteiger partial charge on any atom is -0.454 e. The zero-order valence-electron chi connectivity index (χ0n) is 13.9. The van der Waals surface area contributed by atoms with Gasteiger partial charge in [-0.3, -0.25) is 14.9 Å². The van der Waals surface area contributed by atoms with E-state index in [1.54, 1.807) is 4.90 Å². The van der Waals surface area contributed by atoms with Crippen molar-refractivity contribution >= 4 is 11.8 Å². The Morgan fingerprint density at radius 3 is 2.88 bits per heavy atom. The number of rotatable bonds is 5. The summed E-state index contributed by atoms with van der Waals surface area (Å²) in [6, 6.07) is 5.69. The molecule has 0 bridgehead atoms. The number of nitrogens with two attached hydrogens (primary N) is 1. The number of hydrogen-bond acceptors (Lipinski definition) is 5. The number of nitrogens with zero attached hydrogens (tertiary/aromatic N) is 1. The number of amides is 2. The standard InChI is InChI=1S/C18H21N3O4/c19-16(22)8-20-17-12-3-1-2-4-13(12)18(23)21(17)9-11-5-6-14-15(7-11)25-10-24-14/h5-7,17,20H,1-4,8-10H2,(H2,19,22)/t17-/m0/s1. The lowest BCUT2D eigenvalue weighted by Gasteiger charge is -2.28. The molecule has 0 saturated carbocycles. The smallest absolute Gasteiger partial charge is 0.251 e. The molecule has 132 valence electrons. The van der Waals surface area contributed by atoms with Crippen molar-refractivity contribution in [2.75, 3.05) is 13.3 Å². The van der Waals surface area contributed by atoms with E-state index in [9.17, 15) is 9.59 Å². The van der Waals surface area contributed by atoms with Crippen LogP contribution in [-0.4, -0.2) is 36.2 Å². The number of hydrogen-bond donors (Lipinski definition) is 2. The van der Waals surface area contributed by atoms with Crippen molar-refractivity contribution in [2.24, 2.45) is 5.73 Å². The van der Waals surface area contributed by atoms with Crippen molar-refractivity contribution in [3.63, 3.8) is 0 Å². The molecule has 0 saturated heterocycles. The minimum atomic E-state index is -0.430. The Hall–Kier alpha value is -2.54. The van der Waals surface area contributed by atoms with E-state index in [2.05, 4.69) is 5.32 Å². The van der Waals surface area contributed by atoms with Gasteiger partial charge in [0.25, 0.3) is 5.91 Å². The van der Waals surface area contributed by atoms with Crippen LogP contribution >= 0.6 is 0 Å². The molecule has 3 N–H and O–H groups in total. The quantitative estimate of drug-likeness (QED) is 0.833. The van der Waals surface area contributed by atoms with Gasteiger partial charge < -0.3 is 20.1 Å². The topological polar surface area (TPSA) is 93.9 Å². The zero-order valence-corrected chi connectivity index (χ0v) is 13.9. The first-order chi connectivity index (χ1) is 12.1. The van der Waals surface area contributed by atoms with Crippen LogP contribution in [0.3, 0.4) is 0 Å². The third-order valence-electron chi connectivity index (χ3n) is 4.93. The average molecular weight is 343 g/mol. The lowest BCUT2D eigenvalue weighted by atomic mass is 9.92. The van der Waals surface area contributed by atoms with Gasteiger partial charge in [0.2, 0.25) is 12.7 Å². The van der Waals surface area contributed by atoms with E-state index in [1.807, 2.05) is 18.2 Å². The van der Waals surface area contributed by atoms with Crippen LogP contribution in [0, 0.1) is 0 Å². The second-order valence-corrected chi connectivity index (χ2v) is 6.58. The average Bonchev–Trinajstić information content (AvgIpc) is 3.17. The van der Waals surface area contributed by atoms with E-state index in [0.717, 1.165) is 48.1 Å². The number of ether oxygens (including phenoxy) is 2. The number of carbonyl (C=O) groups excluding carboxylic acids is 2. The van der Waals surface area contributed by atoms with Crippen LogP contribution in [0.15, 0.2) is 29.3 Å². The molecule has 0 fully saturated rings. The van der Waals surface area contributed by atoms with E-state index < -0.39 is 5.91 Å². The molecular formula is C18H21N3O4. The molecule has 1 atom stereocenters. The fraction of sp³-hybridized carbons (Fsp3) is 0.444. The van der Waals surface area contributed by atoms with Gasteiger partial charge in [-0.2, -0.15) is 0 Å². The van der Waals surface area contributed by atoms with E-state index in [1.165, 1.54) is 0 Å². The predicted octanol–water partition coefficient (Wildman–Crippen LogP) is 1.03. The monoisotopic (exact) mass is 343 g/mol. The summed E-state index contributed by atoms with van der Waals surface area (Å²) in [7, 11) is 0. The van der Waals surface area contributed by atoms with Crippen LogP contribution in [0.5, 0.6) is 11.5 Å². The lowest BCUT2D eigenvalue weighted by molar-refractivity contribution is -0.128. The maximum Gasteiger partial charge on any atom is 0.251 e. The zero-order chi connectivity index (χ0) is 17.4. The molecule has 1 aromatic carbocycles. The maximum atomic E-state index is 12.9. The predicted molar refractivity (Wildman–Crippen MR) is 89.6 cm³/mol. The first kappa shape index (κ1) is 16.0. The molecule has 4 rings (SSSR count). The summed E-state index contributed by atoms with van der Waals surface area (Å²) in [4.78, 5) is 25.9. The molecule has 2 amide bonds. The summed E-state index contributed by atoms with van der Waals surface area (Å²) in [5.41, 5.74) is 8.25. The van der Waals surface area contributed by atoms with Crippen molar-refractivity contribution in [1.29, 1.82) is 0 Å². The number of carbonyl (C=O) groups is 2. The molecular weight excluding hydrogens is 322 g/mol. The summed E-state index contributed by atoms with van der Waals surface area (Å²) in [5, 5.41) is 3.15. The second-order valence-electron chi connectivity index (χ2n) is 6.58. The van der Waals surface area contributed by atoms with E-state index in [4.69, 9.17) is 15.2 Å². The Bertz CT molecular complexity index is 759. The van der Waals surface area contributed by atoms with Gasteiger partial charge >= 0.3 is 0 Å². The fourth-order valence-corrected chi connectivity index (χ4v) is 3.78. The molecule has 0 aromatic heterocycles. The lowest BCUT2D eigenvalue weighted by Crippen LogP contribution is -2.47. The van der Waals surface area contributed by atoms with Gasteiger partial charge in [0, 0.05) is 12.1 Å². The number of nitrogens with one attached hydrogen (secondary N) is 1. The van der Waals surface area contributed by atoms with Gasteiger partial charge in [-0.05, 0) is 49.0 Å². The van der Waals surface area contributed by atoms with Crippen LogP contribution < -0.4 is 20.5 Å². The van der Waals surface area contributed by atoms with Gasteiger partial charge in [-0.1, -0.05) is 6.07 Å². The molecule has 0 spiro atoms. The van der Waals surface area contributed by atoms with Crippen molar-refractivity contribution in [2.45, 2.75) is 38.4 Å². The largest absolute Gasteiger partial charge is 0.454 e. The van der Waals surface area contributed by atoms with Crippen molar-refractivity contribution in [1.82, 2.24) is 10.2 Å². The molecule has 1 aromatic rings. The van der Waals surface area contributed by atoms with Crippen molar-refractivity contribution in [3.05, 3.63) is 34.9 Å². The van der Waals surface area contributed by atoms with Crippen LogP contribution in [0.25, 0.3) is 0 Å². The van der Waals surface area contributed by atoms with Gasteiger partial charge in [-0.25, -0.2) is 0 Å². The highest BCUT2D eigenvalue weighted by atomic mass is 16.7. The number of fused-ring (bicyclic) bond motifs is 1. The van der Waals surface area contributed by atoms with E-state index >= 15 is 0 Å². The first-order valence-corrected chi connectivity index (χ1v) is 8.56. The van der Waals surface area contributed by atoms with Crippen molar-refractivity contribution < 1.29 is 19.1 Å². The third kappa shape index (κ3) is 2.95. The van der Waals surface area contributed by atoms with Gasteiger partial charge in [0.1, 0.15) is 6.17 Å². The molecule has 0 radical (unpaired) electrons. The Labute approximate surface area is 145 Å². The highest BCUT2D eigenvalue weighted by molar-refractivity contribution is 5.98. The third-order valence-corrected chi connectivity index (χ3v) is 4.93. The summed E-state index contributed by atoms with van der Waals surface area (Å²) in [5.74, 6) is 1.04. The maximum absolute atomic E-state index is 12.9. The molecule has 1 aliphatic carbocycles. The van der Waals surface area contributed by atoms with Crippen molar-refractivity contribution in [3.8, 4) is 11.5 Å². The van der Waals surface area contributed by atoms with Crippen LogP contribution in [0.2, 0.25) is 0 Å². The fourth-order valence-electron chi connectivity index (χ4n) is 3.78. The first-order valence-electron chi connectivity index (χ1n) is 8.56. The SMILES string of the molecule is NC(=O)CN[C@@H]1C2=C(CCCC2)C(=O)N1Cc1ccc2c(c1)OCO2. The molecule has 25 heavy (non-hydrogen) atoms. The van der Waals surface area contributed by atoms with Gasteiger partial charge in [0.15, 0.2) is 11.5 Å².